The second-order valence-electron chi connectivity index (χ2n) is 6.90. The van der Waals surface area contributed by atoms with E-state index in [0.717, 1.165) is 6.07 Å². The molecular weight excluding hydrogens is 458 g/mol. The van der Waals surface area contributed by atoms with Gasteiger partial charge >= 0.3 is 0 Å². The monoisotopic (exact) mass is 472 g/mol. The van der Waals surface area contributed by atoms with Gasteiger partial charge in [-0.3, -0.25) is 19.5 Å². The van der Waals surface area contributed by atoms with Gasteiger partial charge in [-0.05, 0) is 54.1 Å². The molecule has 0 bridgehead atoms. The van der Waals surface area contributed by atoms with Crippen LogP contribution in [0.15, 0.2) is 66.5 Å². The summed E-state index contributed by atoms with van der Waals surface area (Å²) in [5.41, 5.74) is 0.792. The van der Waals surface area contributed by atoms with Crippen molar-refractivity contribution in [2.45, 2.75) is 6.04 Å². The molecule has 1 atom stereocenters. The standard InChI is InChI=1S/C23H15Cl2FN2O4/c1-32-18-5-2-13(10-16(18)25)21(29)19-20(12-6-8-27-9-7-12)28(23(31)22(19)30)14-3-4-17(26)15(24)11-14/h2-11,20,29H,1H3/b21-19+. The molecule has 2 aromatic carbocycles. The number of ketones is 1. The van der Waals surface area contributed by atoms with Crippen molar-refractivity contribution >= 4 is 46.3 Å². The van der Waals surface area contributed by atoms with Crippen LogP contribution in [0.2, 0.25) is 10.0 Å². The van der Waals surface area contributed by atoms with Crippen molar-refractivity contribution in [2.75, 3.05) is 12.0 Å². The zero-order chi connectivity index (χ0) is 23.0. The van der Waals surface area contributed by atoms with Gasteiger partial charge in [0.15, 0.2) is 0 Å². The minimum absolute atomic E-state index is 0.150. The molecule has 0 saturated carbocycles. The molecule has 1 unspecified atom stereocenters. The molecule has 3 aromatic rings. The zero-order valence-corrected chi connectivity index (χ0v) is 18.1. The van der Waals surface area contributed by atoms with Gasteiger partial charge in [-0.2, -0.15) is 0 Å². The van der Waals surface area contributed by atoms with Gasteiger partial charge in [0.05, 0.1) is 28.8 Å². The number of nitrogens with zero attached hydrogens (tertiary/aromatic N) is 2. The Balaban J connectivity index is 1.94. The summed E-state index contributed by atoms with van der Waals surface area (Å²) in [5.74, 6) is -2.49. The molecule has 1 aromatic heterocycles. The second-order valence-corrected chi connectivity index (χ2v) is 7.71. The van der Waals surface area contributed by atoms with Gasteiger partial charge < -0.3 is 9.84 Å². The molecule has 0 spiro atoms. The van der Waals surface area contributed by atoms with Crippen molar-refractivity contribution in [2.24, 2.45) is 0 Å². The number of hydrogen-bond acceptors (Lipinski definition) is 5. The number of aliphatic hydroxyl groups excluding tert-OH is 1. The molecular formula is C23H15Cl2FN2O4. The van der Waals surface area contributed by atoms with E-state index in [9.17, 15) is 19.1 Å². The number of anilines is 1. The molecule has 6 nitrogen and oxygen atoms in total. The quantitative estimate of drug-likeness (QED) is 0.322. The summed E-state index contributed by atoms with van der Waals surface area (Å²) in [4.78, 5) is 31.2. The third-order valence-corrected chi connectivity index (χ3v) is 5.66. The molecule has 1 aliphatic heterocycles. The largest absolute Gasteiger partial charge is 0.507 e. The Morgan fingerprint density at radius 1 is 1.06 bits per heavy atom. The highest BCUT2D eigenvalue weighted by Gasteiger charge is 2.47. The Morgan fingerprint density at radius 3 is 2.41 bits per heavy atom. The summed E-state index contributed by atoms with van der Waals surface area (Å²) in [5, 5.41) is 11.1. The minimum Gasteiger partial charge on any atom is -0.507 e. The Labute approximate surface area is 192 Å². The lowest BCUT2D eigenvalue weighted by Gasteiger charge is -2.25. The second kappa shape index (κ2) is 8.61. The third kappa shape index (κ3) is 3.70. The molecule has 32 heavy (non-hydrogen) atoms. The molecule has 0 aliphatic carbocycles. The number of methoxy groups -OCH3 is 1. The fraction of sp³-hybridized carbons (Fsp3) is 0.0870. The molecule has 1 amide bonds. The fourth-order valence-corrected chi connectivity index (χ4v) is 4.00. The molecule has 162 valence electrons. The topological polar surface area (TPSA) is 79.7 Å². The van der Waals surface area contributed by atoms with Crippen LogP contribution in [-0.2, 0) is 9.59 Å². The summed E-state index contributed by atoms with van der Waals surface area (Å²) in [6.07, 6.45) is 2.99. The van der Waals surface area contributed by atoms with Crippen molar-refractivity contribution in [3.8, 4) is 5.75 Å². The molecule has 9 heteroatoms. The predicted octanol–water partition coefficient (Wildman–Crippen LogP) is 5.16. The van der Waals surface area contributed by atoms with E-state index in [1.807, 2.05) is 0 Å². The summed E-state index contributed by atoms with van der Waals surface area (Å²) in [6.45, 7) is 0. The van der Waals surface area contributed by atoms with E-state index in [2.05, 4.69) is 4.98 Å². The van der Waals surface area contributed by atoms with E-state index < -0.39 is 29.3 Å². The van der Waals surface area contributed by atoms with Crippen LogP contribution < -0.4 is 9.64 Å². The van der Waals surface area contributed by atoms with E-state index in [-0.39, 0.29) is 26.9 Å². The predicted molar refractivity (Wildman–Crippen MR) is 118 cm³/mol. The summed E-state index contributed by atoms with van der Waals surface area (Å²) in [6, 6.07) is 10.4. The van der Waals surface area contributed by atoms with E-state index in [0.29, 0.717) is 11.3 Å². The molecule has 2 heterocycles. The molecule has 1 aliphatic rings. The fourth-order valence-electron chi connectivity index (χ4n) is 3.56. The van der Waals surface area contributed by atoms with E-state index >= 15 is 0 Å². The number of aliphatic hydroxyl groups is 1. The zero-order valence-electron chi connectivity index (χ0n) is 16.6. The van der Waals surface area contributed by atoms with Crippen LogP contribution in [0.25, 0.3) is 5.76 Å². The lowest BCUT2D eigenvalue weighted by molar-refractivity contribution is -0.132. The van der Waals surface area contributed by atoms with Gasteiger partial charge in [0.1, 0.15) is 17.3 Å². The van der Waals surface area contributed by atoms with Crippen LogP contribution in [-0.4, -0.2) is 28.9 Å². The minimum atomic E-state index is -1.000. The number of aromatic nitrogens is 1. The number of benzene rings is 2. The van der Waals surface area contributed by atoms with Crippen molar-refractivity contribution in [1.29, 1.82) is 0 Å². The van der Waals surface area contributed by atoms with Crippen LogP contribution in [0.1, 0.15) is 17.2 Å². The Bertz CT molecular complexity index is 1260. The van der Waals surface area contributed by atoms with Crippen LogP contribution in [0.5, 0.6) is 5.75 Å². The SMILES string of the molecule is COc1ccc(/C(O)=C2\C(=O)C(=O)N(c3ccc(F)c(Cl)c3)C2c2ccncc2)cc1Cl. The normalized spacial score (nSPS) is 17.6. The number of ether oxygens (including phenoxy) is 1. The Kier molecular flexibility index (Phi) is 5.86. The van der Waals surface area contributed by atoms with Crippen LogP contribution in [0.4, 0.5) is 10.1 Å². The number of rotatable bonds is 4. The van der Waals surface area contributed by atoms with Crippen molar-refractivity contribution < 1.29 is 23.8 Å². The van der Waals surface area contributed by atoms with Gasteiger partial charge in [-0.1, -0.05) is 23.2 Å². The maximum atomic E-state index is 13.7. The summed E-state index contributed by atoms with van der Waals surface area (Å²) >= 11 is 12.1. The highest BCUT2D eigenvalue weighted by Crippen LogP contribution is 2.43. The average molecular weight is 473 g/mol. The Morgan fingerprint density at radius 2 is 1.78 bits per heavy atom. The summed E-state index contributed by atoms with van der Waals surface area (Å²) < 4.78 is 18.8. The number of carbonyl (C=O) groups is 2. The first kappa shape index (κ1) is 21.8. The maximum Gasteiger partial charge on any atom is 0.300 e. The molecule has 1 N–H and O–H groups in total. The number of halogens is 3. The Hall–Kier alpha value is -3.42. The molecule has 1 saturated heterocycles. The van der Waals surface area contributed by atoms with Gasteiger partial charge in [0.2, 0.25) is 0 Å². The number of amides is 1. The van der Waals surface area contributed by atoms with Gasteiger partial charge in [-0.25, -0.2) is 4.39 Å². The van der Waals surface area contributed by atoms with Crippen LogP contribution >= 0.6 is 23.2 Å². The molecule has 4 rings (SSSR count). The van der Waals surface area contributed by atoms with Gasteiger partial charge in [0, 0.05) is 23.6 Å². The maximum absolute atomic E-state index is 13.7. The summed E-state index contributed by atoms with van der Waals surface area (Å²) in [7, 11) is 1.45. The number of Topliss-reactive ketones (excluding diaryl/α,β-unsaturated/α-hetero) is 1. The molecule has 0 radical (unpaired) electrons. The lowest BCUT2D eigenvalue weighted by Crippen LogP contribution is -2.29. The van der Waals surface area contributed by atoms with Crippen molar-refractivity contribution in [3.63, 3.8) is 0 Å². The number of pyridine rings is 1. The lowest BCUT2D eigenvalue weighted by atomic mass is 9.95. The number of carbonyl (C=O) groups excluding carboxylic acids is 2. The highest BCUT2D eigenvalue weighted by molar-refractivity contribution is 6.52. The first-order chi connectivity index (χ1) is 15.3. The number of hydrogen-bond donors (Lipinski definition) is 1. The third-order valence-electron chi connectivity index (χ3n) is 5.07. The van der Waals surface area contributed by atoms with E-state index in [1.165, 1.54) is 54.7 Å². The van der Waals surface area contributed by atoms with E-state index in [1.54, 1.807) is 12.1 Å². The first-order valence-corrected chi connectivity index (χ1v) is 10.1. The smallest absolute Gasteiger partial charge is 0.300 e. The van der Waals surface area contributed by atoms with Gasteiger partial charge in [-0.15, -0.1) is 0 Å². The molecule has 1 fully saturated rings. The van der Waals surface area contributed by atoms with E-state index in [4.69, 9.17) is 27.9 Å². The average Bonchev–Trinajstić information content (AvgIpc) is 3.06. The van der Waals surface area contributed by atoms with Crippen LogP contribution in [0.3, 0.4) is 0 Å². The first-order valence-electron chi connectivity index (χ1n) is 9.33. The van der Waals surface area contributed by atoms with Crippen molar-refractivity contribution in [1.82, 2.24) is 4.98 Å². The van der Waals surface area contributed by atoms with Crippen LogP contribution in [0, 0.1) is 5.82 Å². The highest BCUT2D eigenvalue weighted by atomic mass is 35.5. The van der Waals surface area contributed by atoms with Crippen molar-refractivity contribution in [3.05, 3.63) is 93.5 Å². The van der Waals surface area contributed by atoms with Gasteiger partial charge in [0.25, 0.3) is 11.7 Å².